The molecule has 1 heterocycles. The first-order chi connectivity index (χ1) is 30.3. The van der Waals surface area contributed by atoms with Crippen LogP contribution in [0, 0.1) is 0 Å². The van der Waals surface area contributed by atoms with Crippen molar-refractivity contribution >= 4 is 39.0 Å². The van der Waals surface area contributed by atoms with E-state index in [-0.39, 0.29) is 10.8 Å². The minimum atomic E-state index is -0.168. The summed E-state index contributed by atoms with van der Waals surface area (Å²) >= 11 is 0. The lowest BCUT2D eigenvalue weighted by molar-refractivity contribution is 0.660. The van der Waals surface area contributed by atoms with E-state index in [1.807, 2.05) is 0 Å². The highest BCUT2D eigenvalue weighted by molar-refractivity contribution is 6.16. The highest BCUT2D eigenvalue weighted by Gasteiger charge is 2.38. The number of para-hydroxylation sites is 1. The average molecular weight is 796 g/mol. The summed E-state index contributed by atoms with van der Waals surface area (Å²) < 4.78 is 6.60. The molecule has 296 valence electrons. The van der Waals surface area contributed by atoms with E-state index in [4.69, 9.17) is 4.42 Å². The number of hydrogen-bond acceptors (Lipinski definition) is 2. The van der Waals surface area contributed by atoms with Crippen molar-refractivity contribution in [2.75, 3.05) is 4.90 Å². The third-order valence-corrected chi connectivity index (χ3v) is 13.9. The summed E-state index contributed by atoms with van der Waals surface area (Å²) in [6, 6.07) is 73.7. The monoisotopic (exact) mass is 795 g/mol. The second-order valence-electron chi connectivity index (χ2n) is 18.1. The molecule has 0 spiro atoms. The number of hydrogen-bond donors (Lipinski definition) is 0. The predicted molar refractivity (Wildman–Crippen MR) is 260 cm³/mol. The molecule has 2 aliphatic carbocycles. The zero-order valence-electron chi connectivity index (χ0n) is 35.4. The maximum atomic E-state index is 6.60. The lowest BCUT2D eigenvalue weighted by Gasteiger charge is -2.32. The lowest BCUT2D eigenvalue weighted by atomic mass is 9.82. The van der Waals surface area contributed by atoms with Crippen LogP contribution in [-0.4, -0.2) is 0 Å². The van der Waals surface area contributed by atoms with Gasteiger partial charge in [-0.2, -0.15) is 0 Å². The standard InChI is InChI=1S/C60H45NO/c1-59(2)50-26-11-8-21-44(50)46-33-31-41(36-52(46)59)61(42-32-34-47-45-22-9-12-27-51(45)60(3,4)53(47)37-42)54-28-15-24-43(40-20-14-19-39(35-40)38-17-6-5-7-18-38)57(54)49-25-16-30-56-58(49)48-23-10-13-29-55(48)62-56/h5-37H,1-4H3. The Hall–Kier alpha value is -7.42. The maximum Gasteiger partial charge on any atom is 0.136 e. The molecule has 0 N–H and O–H groups in total. The van der Waals surface area contributed by atoms with Crippen molar-refractivity contribution in [3.63, 3.8) is 0 Å². The minimum Gasteiger partial charge on any atom is -0.456 e. The Morgan fingerprint density at radius 1 is 0.355 bits per heavy atom. The summed E-state index contributed by atoms with van der Waals surface area (Å²) in [6.07, 6.45) is 0. The quantitative estimate of drug-likeness (QED) is 0.167. The highest BCUT2D eigenvalue weighted by Crippen LogP contribution is 2.55. The predicted octanol–water partition coefficient (Wildman–Crippen LogP) is 16.7. The van der Waals surface area contributed by atoms with E-state index in [9.17, 15) is 0 Å². The first-order valence-corrected chi connectivity index (χ1v) is 21.8. The number of rotatable bonds is 6. The van der Waals surface area contributed by atoms with E-state index in [0.717, 1.165) is 61.3 Å². The summed E-state index contributed by atoms with van der Waals surface area (Å²) in [5, 5.41) is 2.23. The fraction of sp³-hybridized carbons (Fsp3) is 0.100. The number of anilines is 3. The van der Waals surface area contributed by atoms with E-state index in [0.29, 0.717) is 0 Å². The van der Waals surface area contributed by atoms with Gasteiger partial charge in [0, 0.05) is 38.5 Å². The van der Waals surface area contributed by atoms with Crippen molar-refractivity contribution in [3.05, 3.63) is 222 Å². The Bertz CT molecular complexity index is 3310. The molecule has 2 nitrogen and oxygen atoms in total. The Morgan fingerprint density at radius 2 is 0.855 bits per heavy atom. The molecule has 10 aromatic rings. The normalized spacial score (nSPS) is 14.1. The van der Waals surface area contributed by atoms with Crippen LogP contribution in [0.3, 0.4) is 0 Å². The van der Waals surface area contributed by atoms with Crippen molar-refractivity contribution in [1.82, 2.24) is 0 Å². The molecular weight excluding hydrogens is 751 g/mol. The first-order valence-electron chi connectivity index (χ1n) is 21.8. The van der Waals surface area contributed by atoms with Crippen LogP contribution >= 0.6 is 0 Å². The van der Waals surface area contributed by atoms with E-state index < -0.39 is 0 Å². The number of fused-ring (bicyclic) bond motifs is 9. The summed E-state index contributed by atoms with van der Waals surface area (Å²) in [5.74, 6) is 0. The van der Waals surface area contributed by atoms with E-state index in [1.165, 1.54) is 55.6 Å². The Morgan fingerprint density at radius 3 is 1.55 bits per heavy atom. The molecule has 0 amide bonds. The third kappa shape index (κ3) is 5.36. The molecule has 1 aromatic heterocycles. The second kappa shape index (κ2) is 13.5. The summed E-state index contributed by atoms with van der Waals surface area (Å²) in [5.41, 5.74) is 22.4. The van der Waals surface area contributed by atoms with Crippen LogP contribution in [0.2, 0.25) is 0 Å². The van der Waals surface area contributed by atoms with Gasteiger partial charge in [0.2, 0.25) is 0 Å². The molecule has 2 heteroatoms. The van der Waals surface area contributed by atoms with Gasteiger partial charge in [-0.25, -0.2) is 0 Å². The molecule has 0 bridgehead atoms. The van der Waals surface area contributed by atoms with E-state index >= 15 is 0 Å². The molecule has 0 atom stereocenters. The fourth-order valence-electron chi connectivity index (χ4n) is 10.8. The van der Waals surface area contributed by atoms with Crippen molar-refractivity contribution in [2.24, 2.45) is 0 Å². The highest BCUT2D eigenvalue weighted by atomic mass is 16.3. The number of benzene rings is 9. The van der Waals surface area contributed by atoms with E-state index in [1.54, 1.807) is 0 Å². The summed E-state index contributed by atoms with van der Waals surface area (Å²) in [6.45, 7) is 9.49. The largest absolute Gasteiger partial charge is 0.456 e. The SMILES string of the molecule is CC1(C)c2ccccc2-c2ccc(N(c3ccc4c(c3)C(C)(C)c3ccccc3-4)c3cccc(-c4cccc(-c5ccccc5)c4)c3-c3cccc4oc5ccccc5c34)cc21. The molecular formula is C60H45NO. The lowest BCUT2D eigenvalue weighted by Crippen LogP contribution is -2.18. The van der Waals surface area contributed by atoms with Gasteiger partial charge in [-0.05, 0) is 121 Å². The van der Waals surface area contributed by atoms with Crippen LogP contribution in [0.1, 0.15) is 49.9 Å². The van der Waals surface area contributed by atoms with Gasteiger partial charge in [-0.15, -0.1) is 0 Å². The molecule has 62 heavy (non-hydrogen) atoms. The van der Waals surface area contributed by atoms with Gasteiger partial charge in [0.1, 0.15) is 11.2 Å². The van der Waals surface area contributed by atoms with Crippen molar-refractivity contribution < 1.29 is 4.42 Å². The third-order valence-electron chi connectivity index (χ3n) is 13.9. The zero-order valence-corrected chi connectivity index (χ0v) is 35.4. The first kappa shape index (κ1) is 36.4. The van der Waals surface area contributed by atoms with Gasteiger partial charge in [0.15, 0.2) is 0 Å². The number of furan rings is 1. The molecule has 0 aliphatic heterocycles. The second-order valence-corrected chi connectivity index (χ2v) is 18.1. The van der Waals surface area contributed by atoms with Crippen LogP contribution in [-0.2, 0) is 10.8 Å². The number of nitrogens with zero attached hydrogens (tertiary/aromatic N) is 1. The van der Waals surface area contributed by atoms with Gasteiger partial charge in [-0.1, -0.05) is 179 Å². The zero-order chi connectivity index (χ0) is 41.7. The molecule has 0 saturated heterocycles. The molecule has 12 rings (SSSR count). The Kier molecular flexibility index (Phi) is 7.96. The van der Waals surface area contributed by atoms with Crippen LogP contribution in [0.4, 0.5) is 17.1 Å². The van der Waals surface area contributed by atoms with Crippen molar-refractivity contribution in [2.45, 2.75) is 38.5 Å². The van der Waals surface area contributed by atoms with Gasteiger partial charge >= 0.3 is 0 Å². The molecule has 9 aromatic carbocycles. The molecule has 0 saturated carbocycles. The molecule has 0 fully saturated rings. The summed E-state index contributed by atoms with van der Waals surface area (Å²) in [7, 11) is 0. The smallest absolute Gasteiger partial charge is 0.136 e. The van der Waals surface area contributed by atoms with Crippen LogP contribution in [0.15, 0.2) is 205 Å². The maximum absolute atomic E-state index is 6.60. The minimum absolute atomic E-state index is 0.168. The van der Waals surface area contributed by atoms with Gasteiger partial charge in [0.25, 0.3) is 0 Å². The van der Waals surface area contributed by atoms with Crippen molar-refractivity contribution in [1.29, 1.82) is 0 Å². The van der Waals surface area contributed by atoms with Gasteiger partial charge < -0.3 is 9.32 Å². The van der Waals surface area contributed by atoms with Crippen LogP contribution < -0.4 is 4.90 Å². The topological polar surface area (TPSA) is 16.4 Å². The van der Waals surface area contributed by atoms with Crippen LogP contribution in [0.25, 0.3) is 77.6 Å². The molecule has 0 radical (unpaired) electrons. The Balaban J connectivity index is 1.17. The van der Waals surface area contributed by atoms with Crippen LogP contribution in [0.5, 0.6) is 0 Å². The molecule has 0 unspecified atom stereocenters. The average Bonchev–Trinajstić information content (AvgIpc) is 3.89. The molecule has 2 aliphatic rings. The van der Waals surface area contributed by atoms with E-state index in [2.05, 4.69) is 233 Å². The van der Waals surface area contributed by atoms with Gasteiger partial charge in [0.05, 0.1) is 5.69 Å². The fourth-order valence-corrected chi connectivity index (χ4v) is 10.8. The van der Waals surface area contributed by atoms with Gasteiger partial charge in [-0.3, -0.25) is 0 Å². The van der Waals surface area contributed by atoms with Crippen molar-refractivity contribution in [3.8, 4) is 55.6 Å². The Labute approximate surface area is 363 Å². The summed E-state index contributed by atoms with van der Waals surface area (Å²) in [4.78, 5) is 2.53.